The maximum absolute atomic E-state index is 11.1. The molecule has 1 aliphatic heterocycles. The van der Waals surface area contributed by atoms with Gasteiger partial charge in [-0.3, -0.25) is 9.80 Å². The molecule has 62 valence electrons. The molecule has 0 aromatic carbocycles. The average Bonchev–Trinajstić information content (AvgIpc) is 1.97. The van der Waals surface area contributed by atoms with Crippen molar-refractivity contribution in [1.29, 1.82) is 0 Å². The van der Waals surface area contributed by atoms with Crippen LogP contribution in [0.25, 0.3) is 0 Å². The van der Waals surface area contributed by atoms with Crippen LogP contribution >= 0.6 is 0 Å². The van der Waals surface area contributed by atoms with Crippen molar-refractivity contribution < 1.29 is 4.79 Å². The van der Waals surface area contributed by atoms with Crippen molar-refractivity contribution in [3.63, 3.8) is 0 Å². The maximum Gasteiger partial charge on any atom is 0.260 e. The van der Waals surface area contributed by atoms with E-state index in [-0.39, 0.29) is 5.91 Å². The van der Waals surface area contributed by atoms with Crippen LogP contribution in [0, 0.1) is 0 Å². The van der Waals surface area contributed by atoms with Crippen molar-refractivity contribution >= 4 is 5.91 Å². The van der Waals surface area contributed by atoms with E-state index in [4.69, 9.17) is 5.73 Å². The number of carbonyl (C=O) groups excluding carboxylic acids is 1. The Hall–Kier alpha value is -0.870. The summed E-state index contributed by atoms with van der Waals surface area (Å²) in [5.74, 6) is 0.0178. The number of hydrogen-bond acceptors (Lipinski definition) is 3. The van der Waals surface area contributed by atoms with Crippen molar-refractivity contribution in [2.45, 2.75) is 0 Å². The summed E-state index contributed by atoms with van der Waals surface area (Å²) in [6, 6.07) is 0. The van der Waals surface area contributed by atoms with Crippen molar-refractivity contribution in [2.24, 2.45) is 5.73 Å². The lowest BCUT2D eigenvalue weighted by atomic mass is 10.4. The molecule has 0 saturated heterocycles. The van der Waals surface area contributed by atoms with Gasteiger partial charge in [0, 0.05) is 26.2 Å². The van der Waals surface area contributed by atoms with Gasteiger partial charge in [0.2, 0.25) is 0 Å². The Bertz CT molecular complexity index is 179. The Morgan fingerprint density at radius 2 is 2.45 bits per heavy atom. The molecule has 1 heterocycles. The molecule has 4 heteroatoms. The molecule has 1 rings (SSSR count). The van der Waals surface area contributed by atoms with E-state index in [1.54, 1.807) is 11.1 Å². The predicted molar refractivity (Wildman–Crippen MR) is 42.5 cm³/mol. The lowest BCUT2D eigenvalue weighted by Gasteiger charge is -2.32. The molecule has 0 bridgehead atoms. The smallest absolute Gasteiger partial charge is 0.260 e. The quantitative estimate of drug-likeness (QED) is 0.567. The van der Waals surface area contributed by atoms with Gasteiger partial charge in [0.15, 0.2) is 0 Å². The molecule has 0 fully saturated rings. The second-order valence-corrected chi connectivity index (χ2v) is 2.49. The number of nitrogens with two attached hydrogens (primary N) is 1. The van der Waals surface area contributed by atoms with Gasteiger partial charge in [-0.2, -0.15) is 0 Å². The van der Waals surface area contributed by atoms with Crippen LogP contribution in [-0.2, 0) is 4.79 Å². The zero-order valence-corrected chi connectivity index (χ0v) is 6.66. The topological polar surface area (TPSA) is 49.6 Å². The number of hydrogen-bond donors (Lipinski definition) is 1. The molecule has 0 aliphatic carbocycles. The number of amides is 1. The Labute approximate surface area is 66.2 Å². The van der Waals surface area contributed by atoms with Crippen molar-refractivity contribution in [3.05, 3.63) is 12.2 Å². The summed E-state index contributed by atoms with van der Waals surface area (Å²) >= 11 is 0. The van der Waals surface area contributed by atoms with Crippen LogP contribution in [0.15, 0.2) is 12.2 Å². The van der Waals surface area contributed by atoms with Crippen LogP contribution in [0.3, 0.4) is 0 Å². The Balaban J connectivity index is 2.59. The zero-order chi connectivity index (χ0) is 8.27. The fourth-order valence-electron chi connectivity index (χ4n) is 1.06. The number of nitrogens with zero attached hydrogens (tertiary/aromatic N) is 2. The van der Waals surface area contributed by atoms with E-state index in [1.165, 1.54) is 0 Å². The van der Waals surface area contributed by atoms with E-state index < -0.39 is 0 Å². The minimum Gasteiger partial charge on any atom is -0.329 e. The van der Waals surface area contributed by atoms with Crippen LogP contribution in [0.5, 0.6) is 0 Å². The second-order valence-electron chi connectivity index (χ2n) is 2.49. The van der Waals surface area contributed by atoms with Crippen LogP contribution in [-0.4, -0.2) is 42.6 Å². The number of hydrazine groups is 1. The number of rotatable bonds is 2. The highest BCUT2D eigenvalue weighted by Gasteiger charge is 2.17. The van der Waals surface area contributed by atoms with E-state index in [0.717, 1.165) is 6.54 Å². The fourth-order valence-corrected chi connectivity index (χ4v) is 1.06. The highest BCUT2D eigenvalue weighted by molar-refractivity contribution is 5.87. The van der Waals surface area contributed by atoms with Gasteiger partial charge in [0.05, 0.1) is 6.54 Å². The van der Waals surface area contributed by atoms with E-state index in [2.05, 4.69) is 0 Å². The Morgan fingerprint density at radius 1 is 1.73 bits per heavy atom. The normalized spacial score (nSPS) is 19.5. The van der Waals surface area contributed by atoms with Gasteiger partial charge < -0.3 is 5.73 Å². The first-order valence-corrected chi connectivity index (χ1v) is 3.65. The van der Waals surface area contributed by atoms with Crippen LogP contribution in [0.4, 0.5) is 0 Å². The minimum absolute atomic E-state index is 0.0178. The lowest BCUT2D eigenvalue weighted by molar-refractivity contribution is -0.141. The molecule has 0 aromatic heterocycles. The summed E-state index contributed by atoms with van der Waals surface area (Å²) in [5.41, 5.74) is 5.34. The molecule has 0 atom stereocenters. The molecule has 0 radical (unpaired) electrons. The highest BCUT2D eigenvalue weighted by atomic mass is 16.2. The van der Waals surface area contributed by atoms with Gasteiger partial charge in [-0.25, -0.2) is 5.01 Å². The standard InChI is InChI=1S/C7H13N3O/c1-9-5-2-3-7(11)10(9)6-4-8/h2-3H,4-6,8H2,1H3. The molecular formula is C7H13N3O. The predicted octanol–water partition coefficient (Wildman–Crippen LogP) is -0.810. The first-order valence-electron chi connectivity index (χ1n) is 3.65. The third kappa shape index (κ3) is 1.78. The molecule has 2 N–H and O–H groups in total. The first-order chi connectivity index (χ1) is 5.25. The molecule has 1 aliphatic rings. The van der Waals surface area contributed by atoms with Gasteiger partial charge >= 0.3 is 0 Å². The van der Waals surface area contributed by atoms with Crippen LogP contribution < -0.4 is 5.73 Å². The molecule has 4 nitrogen and oxygen atoms in total. The van der Waals surface area contributed by atoms with E-state index in [1.807, 2.05) is 18.1 Å². The third-order valence-electron chi connectivity index (χ3n) is 1.64. The van der Waals surface area contributed by atoms with Crippen LogP contribution in [0.2, 0.25) is 0 Å². The van der Waals surface area contributed by atoms with Gasteiger partial charge in [-0.15, -0.1) is 0 Å². The number of likely N-dealkylation sites (N-methyl/N-ethyl adjacent to an activating group) is 1. The summed E-state index contributed by atoms with van der Waals surface area (Å²) < 4.78 is 0. The van der Waals surface area contributed by atoms with Gasteiger partial charge in [-0.1, -0.05) is 6.08 Å². The molecule has 1 amide bonds. The van der Waals surface area contributed by atoms with Crippen molar-refractivity contribution in [1.82, 2.24) is 10.0 Å². The SMILES string of the molecule is CN1CC=CC(=O)N1CCN. The molecule has 0 unspecified atom stereocenters. The van der Waals surface area contributed by atoms with Gasteiger partial charge in [0.25, 0.3) is 5.91 Å². The molecule has 0 aromatic rings. The van der Waals surface area contributed by atoms with Crippen LogP contribution in [0.1, 0.15) is 0 Å². The summed E-state index contributed by atoms with van der Waals surface area (Å²) in [6.45, 7) is 1.88. The van der Waals surface area contributed by atoms with Gasteiger partial charge in [-0.05, 0) is 0 Å². The summed E-state index contributed by atoms with van der Waals surface area (Å²) in [5, 5.41) is 3.50. The highest BCUT2D eigenvalue weighted by Crippen LogP contribution is 2.01. The molecule has 0 saturated carbocycles. The van der Waals surface area contributed by atoms with Crippen molar-refractivity contribution in [3.8, 4) is 0 Å². The Morgan fingerprint density at radius 3 is 3.00 bits per heavy atom. The summed E-state index contributed by atoms with van der Waals surface area (Å²) in [4.78, 5) is 11.1. The molecule has 0 spiro atoms. The minimum atomic E-state index is 0.0178. The zero-order valence-electron chi connectivity index (χ0n) is 6.66. The van der Waals surface area contributed by atoms with Gasteiger partial charge in [0.1, 0.15) is 0 Å². The largest absolute Gasteiger partial charge is 0.329 e. The molecule has 11 heavy (non-hydrogen) atoms. The number of carbonyl (C=O) groups is 1. The average molecular weight is 155 g/mol. The van der Waals surface area contributed by atoms with E-state index in [9.17, 15) is 4.79 Å². The maximum atomic E-state index is 11.1. The van der Waals surface area contributed by atoms with Crippen molar-refractivity contribution in [2.75, 3.05) is 26.7 Å². The Kier molecular flexibility index (Phi) is 2.62. The summed E-state index contributed by atoms with van der Waals surface area (Å²) in [6.07, 6.45) is 3.42. The van der Waals surface area contributed by atoms with E-state index in [0.29, 0.717) is 13.1 Å². The fraction of sp³-hybridized carbons (Fsp3) is 0.571. The van der Waals surface area contributed by atoms with E-state index >= 15 is 0 Å². The monoisotopic (exact) mass is 155 g/mol. The molecular weight excluding hydrogens is 142 g/mol. The third-order valence-corrected chi connectivity index (χ3v) is 1.64. The lowest BCUT2D eigenvalue weighted by Crippen LogP contribution is -2.48. The first kappa shape index (κ1) is 8.23. The second kappa shape index (κ2) is 3.50. The summed E-state index contributed by atoms with van der Waals surface area (Å²) in [7, 11) is 1.87.